The Morgan fingerprint density at radius 3 is 2.96 bits per heavy atom. The number of nitrogens with two attached hydrogens (primary N) is 1. The fourth-order valence-corrected chi connectivity index (χ4v) is 5.54. The number of thiophene rings is 1. The fraction of sp³-hybridized carbons (Fsp3) is 0.444. The molecule has 3 heterocycles. The van der Waals surface area contributed by atoms with Gasteiger partial charge in [0.05, 0.1) is 16.0 Å². The first-order chi connectivity index (χ1) is 12.2. The monoisotopic (exact) mass is 372 g/mol. The lowest BCUT2D eigenvalue weighted by atomic mass is 10.0. The van der Waals surface area contributed by atoms with Gasteiger partial charge in [0.2, 0.25) is 5.91 Å². The number of thioether (sulfide) groups is 1. The van der Waals surface area contributed by atoms with Crippen LogP contribution in [-0.2, 0) is 24.1 Å². The van der Waals surface area contributed by atoms with Gasteiger partial charge in [-0.2, -0.15) is 0 Å². The van der Waals surface area contributed by atoms with E-state index >= 15 is 0 Å². The highest BCUT2D eigenvalue weighted by Crippen LogP contribution is 2.41. The van der Waals surface area contributed by atoms with Crippen molar-refractivity contribution >= 4 is 49.4 Å². The van der Waals surface area contributed by atoms with Crippen molar-refractivity contribution in [3.63, 3.8) is 0 Å². The zero-order chi connectivity index (χ0) is 17.4. The van der Waals surface area contributed by atoms with Gasteiger partial charge in [-0.05, 0) is 43.2 Å². The Balaban J connectivity index is 1.90. The molecule has 1 amide bonds. The molecule has 3 aromatic heterocycles. The van der Waals surface area contributed by atoms with Crippen LogP contribution in [0.1, 0.15) is 43.0 Å². The number of aromatic nitrogens is 3. The van der Waals surface area contributed by atoms with Gasteiger partial charge in [0.15, 0.2) is 0 Å². The highest BCUT2D eigenvalue weighted by Gasteiger charge is 2.24. The number of carbonyl (C=O) groups excluding carboxylic acids is 1. The first-order valence-corrected chi connectivity index (χ1v) is 10.5. The molecule has 1 aliphatic rings. The summed E-state index contributed by atoms with van der Waals surface area (Å²) >= 11 is 3.03. The number of pyridine rings is 1. The molecule has 0 saturated heterocycles. The molecule has 3 aromatic rings. The maximum atomic E-state index is 11.1. The Hall–Kier alpha value is -1.73. The third kappa shape index (κ3) is 3.00. The normalized spacial score (nSPS) is 13.6. The quantitative estimate of drug-likeness (QED) is 0.527. The maximum absolute atomic E-state index is 11.1. The van der Waals surface area contributed by atoms with Crippen LogP contribution in [0.4, 0.5) is 0 Å². The number of fused-ring (bicyclic) bond motifs is 5. The van der Waals surface area contributed by atoms with E-state index in [0.717, 1.165) is 39.3 Å². The van der Waals surface area contributed by atoms with Crippen molar-refractivity contribution in [1.29, 1.82) is 0 Å². The summed E-state index contributed by atoms with van der Waals surface area (Å²) in [6.45, 7) is 2.22. The Kier molecular flexibility index (Phi) is 4.60. The second-order valence-electron chi connectivity index (χ2n) is 6.37. The molecule has 0 saturated carbocycles. The van der Waals surface area contributed by atoms with E-state index in [1.54, 1.807) is 17.7 Å². The van der Waals surface area contributed by atoms with Crippen LogP contribution >= 0.6 is 23.1 Å². The van der Waals surface area contributed by atoms with Crippen LogP contribution in [0.5, 0.6) is 0 Å². The molecule has 0 aliphatic heterocycles. The van der Waals surface area contributed by atoms with E-state index in [0.29, 0.717) is 0 Å². The van der Waals surface area contributed by atoms with Gasteiger partial charge < -0.3 is 5.73 Å². The predicted octanol–water partition coefficient (Wildman–Crippen LogP) is 3.65. The SMILES string of the molecule is CCCCc1nc2sc3c(SCC(N)=O)ncnc3c2c2c1CCC2. The summed E-state index contributed by atoms with van der Waals surface area (Å²) in [5.41, 5.74) is 10.4. The summed E-state index contributed by atoms with van der Waals surface area (Å²) < 4.78 is 1.03. The molecule has 1 aliphatic carbocycles. The summed E-state index contributed by atoms with van der Waals surface area (Å²) in [7, 11) is 0. The number of aryl methyl sites for hydroxylation is 2. The molecule has 5 nitrogen and oxygen atoms in total. The van der Waals surface area contributed by atoms with Gasteiger partial charge in [0, 0.05) is 11.1 Å². The topological polar surface area (TPSA) is 81.8 Å². The minimum Gasteiger partial charge on any atom is -0.369 e. The molecule has 4 rings (SSSR count). The lowest BCUT2D eigenvalue weighted by molar-refractivity contribution is -0.115. The molecule has 0 fully saturated rings. The average Bonchev–Trinajstić information content (AvgIpc) is 3.21. The molecule has 0 bridgehead atoms. The van der Waals surface area contributed by atoms with E-state index in [4.69, 9.17) is 10.7 Å². The lowest BCUT2D eigenvalue weighted by Crippen LogP contribution is -2.13. The molecule has 2 N–H and O–H groups in total. The average molecular weight is 373 g/mol. The third-order valence-corrected chi connectivity index (χ3v) is 6.86. The van der Waals surface area contributed by atoms with E-state index in [1.807, 2.05) is 0 Å². The summed E-state index contributed by atoms with van der Waals surface area (Å²) in [6.07, 6.45) is 8.43. The molecule has 0 spiro atoms. The van der Waals surface area contributed by atoms with E-state index in [2.05, 4.69) is 16.9 Å². The van der Waals surface area contributed by atoms with Crippen LogP contribution in [0, 0.1) is 0 Å². The highest BCUT2D eigenvalue weighted by atomic mass is 32.2. The Morgan fingerprint density at radius 2 is 2.16 bits per heavy atom. The molecule has 25 heavy (non-hydrogen) atoms. The number of hydrogen-bond acceptors (Lipinski definition) is 6. The Labute approximate surface area is 154 Å². The minimum absolute atomic E-state index is 0.230. The Bertz CT molecular complexity index is 967. The largest absolute Gasteiger partial charge is 0.369 e. The molecule has 0 atom stereocenters. The van der Waals surface area contributed by atoms with Gasteiger partial charge in [-0.25, -0.2) is 15.0 Å². The zero-order valence-electron chi connectivity index (χ0n) is 14.2. The lowest BCUT2D eigenvalue weighted by Gasteiger charge is -2.08. The summed E-state index contributed by atoms with van der Waals surface area (Å²) in [6, 6.07) is 0. The van der Waals surface area contributed by atoms with E-state index in [1.165, 1.54) is 53.2 Å². The standard InChI is InChI=1S/C18H20N4OS2/c1-2-3-7-12-10-5-4-6-11(10)14-15-16(25-17(14)22-12)18(21-9-20-15)24-8-13(19)23/h9H,2-8H2,1H3,(H2,19,23). The summed E-state index contributed by atoms with van der Waals surface area (Å²) in [5, 5.41) is 2.03. The maximum Gasteiger partial charge on any atom is 0.227 e. The summed E-state index contributed by atoms with van der Waals surface area (Å²) in [5.74, 6) is -0.105. The third-order valence-electron chi connectivity index (χ3n) is 4.64. The number of nitrogens with zero attached hydrogens (tertiary/aromatic N) is 3. The number of unbranched alkanes of at least 4 members (excludes halogenated alkanes) is 1. The van der Waals surface area contributed by atoms with Crippen LogP contribution in [0.15, 0.2) is 11.4 Å². The van der Waals surface area contributed by atoms with Gasteiger partial charge >= 0.3 is 0 Å². The number of carbonyl (C=O) groups is 1. The van der Waals surface area contributed by atoms with Gasteiger partial charge in [0.1, 0.15) is 16.2 Å². The fourth-order valence-electron chi connectivity index (χ4n) is 3.55. The smallest absolute Gasteiger partial charge is 0.227 e. The molecule has 7 heteroatoms. The van der Waals surface area contributed by atoms with Gasteiger partial charge in [0.25, 0.3) is 0 Å². The predicted molar refractivity (Wildman–Crippen MR) is 103 cm³/mol. The van der Waals surface area contributed by atoms with Crippen molar-refractivity contribution in [2.24, 2.45) is 5.73 Å². The van der Waals surface area contributed by atoms with Crippen LogP contribution < -0.4 is 5.73 Å². The van der Waals surface area contributed by atoms with Crippen LogP contribution in [0.3, 0.4) is 0 Å². The first kappa shape index (κ1) is 16.7. The number of hydrogen-bond donors (Lipinski definition) is 1. The van der Waals surface area contributed by atoms with Crippen LogP contribution in [-0.4, -0.2) is 26.6 Å². The number of primary amides is 1. The van der Waals surface area contributed by atoms with Gasteiger partial charge in [-0.15, -0.1) is 11.3 Å². The second-order valence-corrected chi connectivity index (χ2v) is 8.33. The molecule has 0 unspecified atom stereocenters. The molecule has 0 radical (unpaired) electrons. The van der Waals surface area contributed by atoms with E-state index < -0.39 is 0 Å². The van der Waals surface area contributed by atoms with Gasteiger partial charge in [-0.1, -0.05) is 25.1 Å². The van der Waals surface area contributed by atoms with Crippen molar-refractivity contribution in [1.82, 2.24) is 15.0 Å². The van der Waals surface area contributed by atoms with Crippen LogP contribution in [0.2, 0.25) is 0 Å². The van der Waals surface area contributed by atoms with Crippen molar-refractivity contribution in [2.45, 2.75) is 50.5 Å². The van der Waals surface area contributed by atoms with E-state index in [-0.39, 0.29) is 11.7 Å². The highest BCUT2D eigenvalue weighted by molar-refractivity contribution is 8.00. The van der Waals surface area contributed by atoms with Crippen LogP contribution in [0.25, 0.3) is 20.4 Å². The molecule has 130 valence electrons. The zero-order valence-corrected chi connectivity index (χ0v) is 15.8. The van der Waals surface area contributed by atoms with Crippen molar-refractivity contribution in [3.8, 4) is 0 Å². The van der Waals surface area contributed by atoms with Gasteiger partial charge in [-0.3, -0.25) is 4.79 Å². The molecule has 0 aromatic carbocycles. The molecular weight excluding hydrogens is 352 g/mol. The number of amides is 1. The van der Waals surface area contributed by atoms with E-state index in [9.17, 15) is 4.79 Å². The number of rotatable bonds is 6. The van der Waals surface area contributed by atoms with Crippen molar-refractivity contribution < 1.29 is 4.79 Å². The Morgan fingerprint density at radius 1 is 1.32 bits per heavy atom. The molecular formula is C18H20N4OS2. The summed E-state index contributed by atoms with van der Waals surface area (Å²) in [4.78, 5) is 26.1. The van der Waals surface area contributed by atoms with Crippen molar-refractivity contribution in [3.05, 3.63) is 23.1 Å². The minimum atomic E-state index is -0.334. The second kappa shape index (κ2) is 6.88. The van der Waals surface area contributed by atoms with Crippen molar-refractivity contribution in [2.75, 3.05) is 5.75 Å². The first-order valence-electron chi connectivity index (χ1n) is 8.68.